The van der Waals surface area contributed by atoms with Gasteiger partial charge in [0.2, 0.25) is 11.8 Å². The van der Waals surface area contributed by atoms with E-state index in [4.69, 9.17) is 16.0 Å². The Kier molecular flexibility index (Phi) is 3.30. The molecular weight excluding hydrogens is 316 g/mol. The number of carbonyl (C=O) groups excluding carboxylic acids is 1. The minimum Gasteiger partial charge on any atom is -0.403 e. The first-order valence-electron chi connectivity index (χ1n) is 7.75. The van der Waals surface area contributed by atoms with Crippen molar-refractivity contribution in [2.24, 2.45) is 0 Å². The Balaban J connectivity index is 1.43. The van der Waals surface area contributed by atoms with E-state index in [-0.39, 0.29) is 23.5 Å². The number of aromatic nitrogens is 2. The molecule has 2 aliphatic rings. The second-order valence-corrected chi connectivity index (χ2v) is 6.69. The number of benzene rings is 1. The number of likely N-dealkylation sites (tertiary alicyclic amines) is 1. The molecule has 1 spiro atoms. The molecule has 1 aromatic heterocycles. The third-order valence-electron chi connectivity index (χ3n) is 4.69. The van der Waals surface area contributed by atoms with Gasteiger partial charge in [-0.3, -0.25) is 4.79 Å². The van der Waals surface area contributed by atoms with E-state index in [0.29, 0.717) is 10.9 Å². The molecule has 1 N–H and O–H groups in total. The predicted molar refractivity (Wildman–Crippen MR) is 86.1 cm³/mol. The van der Waals surface area contributed by atoms with Crippen molar-refractivity contribution in [1.82, 2.24) is 15.1 Å². The predicted octanol–water partition coefficient (Wildman–Crippen LogP) is 2.96. The maximum Gasteiger partial charge on any atom is 0.316 e. The molecule has 2 aromatic rings. The Hall–Kier alpha value is -2.08. The van der Waals surface area contributed by atoms with Gasteiger partial charge in [-0.25, -0.2) is 0 Å². The van der Waals surface area contributed by atoms with Gasteiger partial charge < -0.3 is 14.6 Å². The van der Waals surface area contributed by atoms with Gasteiger partial charge >= 0.3 is 6.01 Å². The molecule has 1 saturated carbocycles. The normalized spacial score (nSPS) is 19.3. The van der Waals surface area contributed by atoms with Gasteiger partial charge in [0.25, 0.3) is 0 Å². The standard InChI is InChI=1S/C16H17ClN4O2/c1-10(14(22)21-9-8-16(21)6-7-16)18-15-20-19-13(23-15)11-2-4-12(17)5-3-11/h2-5,10H,6-9H2,1H3,(H,18,20)/t10-/m1/s1. The molecule has 2 heterocycles. The van der Waals surface area contributed by atoms with Crippen LogP contribution in [0.2, 0.25) is 5.02 Å². The lowest BCUT2D eigenvalue weighted by atomic mass is 9.99. The van der Waals surface area contributed by atoms with Crippen molar-refractivity contribution in [2.75, 3.05) is 11.9 Å². The average Bonchev–Trinajstić information content (AvgIpc) is 3.24. The molecule has 4 rings (SSSR count). The van der Waals surface area contributed by atoms with Crippen LogP contribution in [0, 0.1) is 0 Å². The summed E-state index contributed by atoms with van der Waals surface area (Å²) in [5, 5.41) is 11.6. The van der Waals surface area contributed by atoms with E-state index in [9.17, 15) is 4.79 Å². The van der Waals surface area contributed by atoms with Crippen LogP contribution >= 0.6 is 11.6 Å². The zero-order chi connectivity index (χ0) is 16.0. The minimum atomic E-state index is -0.383. The summed E-state index contributed by atoms with van der Waals surface area (Å²) in [6, 6.07) is 7.02. The molecule has 2 fully saturated rings. The van der Waals surface area contributed by atoms with Crippen molar-refractivity contribution in [3.63, 3.8) is 0 Å². The summed E-state index contributed by atoms with van der Waals surface area (Å²) in [4.78, 5) is 14.4. The summed E-state index contributed by atoms with van der Waals surface area (Å²) in [5.74, 6) is 0.492. The van der Waals surface area contributed by atoms with Crippen molar-refractivity contribution in [2.45, 2.75) is 37.8 Å². The molecule has 6 nitrogen and oxygen atoms in total. The Morgan fingerprint density at radius 2 is 2.04 bits per heavy atom. The zero-order valence-corrected chi connectivity index (χ0v) is 13.5. The molecule has 7 heteroatoms. The number of nitrogens with zero attached hydrogens (tertiary/aromatic N) is 3. The first-order valence-corrected chi connectivity index (χ1v) is 8.13. The summed E-state index contributed by atoms with van der Waals surface area (Å²) >= 11 is 5.86. The van der Waals surface area contributed by atoms with Crippen LogP contribution in [0.5, 0.6) is 0 Å². The molecule has 23 heavy (non-hydrogen) atoms. The van der Waals surface area contributed by atoms with Gasteiger partial charge in [-0.1, -0.05) is 16.7 Å². The second-order valence-electron chi connectivity index (χ2n) is 6.25. The molecular formula is C16H17ClN4O2. The molecule has 1 saturated heterocycles. The summed E-state index contributed by atoms with van der Waals surface area (Å²) in [6.45, 7) is 2.67. The third kappa shape index (κ3) is 2.57. The van der Waals surface area contributed by atoms with E-state index in [0.717, 1.165) is 31.4 Å². The number of anilines is 1. The Morgan fingerprint density at radius 1 is 1.30 bits per heavy atom. The van der Waals surface area contributed by atoms with Crippen LogP contribution in [-0.2, 0) is 4.79 Å². The smallest absolute Gasteiger partial charge is 0.316 e. The van der Waals surface area contributed by atoms with Crippen molar-refractivity contribution in [1.29, 1.82) is 0 Å². The lowest BCUT2D eigenvalue weighted by Crippen LogP contribution is -2.57. The van der Waals surface area contributed by atoms with Crippen LogP contribution in [0.3, 0.4) is 0 Å². The van der Waals surface area contributed by atoms with E-state index in [2.05, 4.69) is 15.5 Å². The Morgan fingerprint density at radius 3 is 2.65 bits per heavy atom. The van der Waals surface area contributed by atoms with Gasteiger partial charge in [-0.2, -0.15) is 0 Å². The lowest BCUT2D eigenvalue weighted by Gasteiger charge is -2.43. The second kappa shape index (κ2) is 5.23. The highest BCUT2D eigenvalue weighted by molar-refractivity contribution is 6.30. The Labute approximate surface area is 138 Å². The molecule has 1 aromatic carbocycles. The summed E-state index contributed by atoms with van der Waals surface area (Å²) in [7, 11) is 0. The summed E-state index contributed by atoms with van der Waals surface area (Å²) in [5.41, 5.74) is 0.963. The van der Waals surface area contributed by atoms with E-state index in [1.807, 2.05) is 24.0 Å². The SMILES string of the molecule is C[C@@H](Nc1nnc(-c2ccc(Cl)cc2)o1)C(=O)N1CCC12CC2. The molecule has 0 unspecified atom stereocenters. The number of hydrogen-bond donors (Lipinski definition) is 1. The van der Waals surface area contributed by atoms with Gasteiger partial charge in [-0.15, -0.1) is 5.10 Å². The first-order chi connectivity index (χ1) is 11.1. The molecule has 0 radical (unpaired) electrons. The van der Waals surface area contributed by atoms with E-state index in [1.165, 1.54) is 0 Å². The highest BCUT2D eigenvalue weighted by Crippen LogP contribution is 2.51. The number of amides is 1. The zero-order valence-electron chi connectivity index (χ0n) is 12.8. The maximum atomic E-state index is 12.5. The largest absolute Gasteiger partial charge is 0.403 e. The van der Waals surface area contributed by atoms with Crippen molar-refractivity contribution < 1.29 is 9.21 Å². The third-order valence-corrected chi connectivity index (χ3v) is 4.95. The van der Waals surface area contributed by atoms with Gasteiger partial charge in [0.15, 0.2) is 0 Å². The van der Waals surface area contributed by atoms with Crippen LogP contribution in [0.15, 0.2) is 28.7 Å². The summed E-state index contributed by atoms with van der Waals surface area (Å²) < 4.78 is 5.58. The molecule has 120 valence electrons. The summed E-state index contributed by atoms with van der Waals surface area (Å²) in [6.07, 6.45) is 3.40. The van der Waals surface area contributed by atoms with E-state index < -0.39 is 0 Å². The van der Waals surface area contributed by atoms with Crippen LogP contribution in [0.1, 0.15) is 26.2 Å². The number of nitrogens with one attached hydrogen (secondary N) is 1. The quantitative estimate of drug-likeness (QED) is 0.932. The highest BCUT2D eigenvalue weighted by atomic mass is 35.5. The molecule has 1 aliphatic carbocycles. The molecule has 0 bridgehead atoms. The number of carbonyl (C=O) groups is 1. The van der Waals surface area contributed by atoms with Crippen LogP contribution in [-0.4, -0.2) is 39.1 Å². The fourth-order valence-corrected chi connectivity index (χ4v) is 3.15. The molecule has 1 atom stereocenters. The number of halogens is 1. The average molecular weight is 333 g/mol. The molecule has 1 aliphatic heterocycles. The number of hydrogen-bond acceptors (Lipinski definition) is 5. The number of rotatable bonds is 4. The highest BCUT2D eigenvalue weighted by Gasteiger charge is 2.56. The monoisotopic (exact) mass is 332 g/mol. The van der Waals surface area contributed by atoms with Gasteiger partial charge in [0.05, 0.1) is 0 Å². The van der Waals surface area contributed by atoms with Crippen LogP contribution < -0.4 is 5.32 Å². The molecule has 1 amide bonds. The van der Waals surface area contributed by atoms with E-state index >= 15 is 0 Å². The first kappa shape index (κ1) is 14.5. The van der Waals surface area contributed by atoms with Gasteiger partial charge in [0, 0.05) is 22.7 Å². The Bertz CT molecular complexity index is 739. The maximum absolute atomic E-state index is 12.5. The van der Waals surface area contributed by atoms with Gasteiger partial charge in [0.1, 0.15) is 6.04 Å². The van der Waals surface area contributed by atoms with Crippen LogP contribution in [0.4, 0.5) is 6.01 Å². The van der Waals surface area contributed by atoms with Gasteiger partial charge in [-0.05, 0) is 50.5 Å². The van der Waals surface area contributed by atoms with Crippen molar-refractivity contribution in [3.05, 3.63) is 29.3 Å². The fraction of sp³-hybridized carbons (Fsp3) is 0.438. The van der Waals surface area contributed by atoms with E-state index in [1.54, 1.807) is 12.1 Å². The van der Waals surface area contributed by atoms with Crippen molar-refractivity contribution >= 4 is 23.5 Å². The van der Waals surface area contributed by atoms with Crippen LogP contribution in [0.25, 0.3) is 11.5 Å². The fourth-order valence-electron chi connectivity index (χ4n) is 3.02. The van der Waals surface area contributed by atoms with Crippen molar-refractivity contribution in [3.8, 4) is 11.5 Å². The lowest BCUT2D eigenvalue weighted by molar-refractivity contribution is -0.141. The topological polar surface area (TPSA) is 71.3 Å². The minimum absolute atomic E-state index is 0.0972.